The Morgan fingerprint density at radius 2 is 2.21 bits per heavy atom. The molecule has 1 heterocycles. The molecule has 3 N–H and O–H groups in total. The lowest BCUT2D eigenvalue weighted by molar-refractivity contribution is 0.415. The number of hydrogen-bond donors (Lipinski definition) is 2. The number of amidine groups is 1. The molecule has 0 spiro atoms. The number of ether oxygens (including phenoxy) is 1. The van der Waals surface area contributed by atoms with Gasteiger partial charge in [0.05, 0.1) is 19.3 Å². The normalized spacial score (nSPS) is 10.2. The molecule has 100 valence electrons. The number of nitrogens with zero attached hydrogens (tertiary/aromatic N) is 1. The van der Waals surface area contributed by atoms with E-state index in [1.807, 2.05) is 31.3 Å². The number of methoxy groups -OCH3 is 1. The Hall–Kier alpha value is -2.01. The Morgan fingerprint density at radius 3 is 2.79 bits per heavy atom. The van der Waals surface area contributed by atoms with Crippen LogP contribution in [-0.2, 0) is 6.54 Å². The van der Waals surface area contributed by atoms with E-state index in [4.69, 9.17) is 15.9 Å². The van der Waals surface area contributed by atoms with E-state index >= 15 is 0 Å². The molecule has 0 aliphatic rings. The maximum Gasteiger partial charge on any atom is 0.124 e. The van der Waals surface area contributed by atoms with Crippen LogP contribution >= 0.6 is 11.3 Å². The zero-order valence-corrected chi connectivity index (χ0v) is 11.8. The lowest BCUT2D eigenvalue weighted by atomic mass is 10.1. The van der Waals surface area contributed by atoms with Crippen molar-refractivity contribution in [2.45, 2.75) is 6.54 Å². The molecular formula is C14H17N3OS. The van der Waals surface area contributed by atoms with Gasteiger partial charge in [-0.05, 0) is 23.6 Å². The first-order chi connectivity index (χ1) is 9.11. The Bertz CT molecular complexity index is 566. The van der Waals surface area contributed by atoms with Crippen LogP contribution in [0.1, 0.15) is 10.4 Å². The van der Waals surface area contributed by atoms with Crippen molar-refractivity contribution in [3.05, 3.63) is 46.2 Å². The fourth-order valence-corrected chi connectivity index (χ4v) is 2.66. The number of hydrogen-bond acceptors (Lipinski definition) is 4. The standard InChI is InChI=1S/C14H17N3OS/c1-17(9-11-4-3-7-19-11)13-8-10(18-2)5-6-12(13)14(15)16/h3-8H,9H2,1-2H3,(H3,15,16). The SMILES string of the molecule is COc1ccc(C(=N)N)c(N(C)Cc2cccs2)c1. The summed E-state index contributed by atoms with van der Waals surface area (Å²) < 4.78 is 5.24. The van der Waals surface area contributed by atoms with Crippen LogP contribution in [0.25, 0.3) is 0 Å². The van der Waals surface area contributed by atoms with E-state index in [2.05, 4.69) is 16.3 Å². The molecule has 19 heavy (non-hydrogen) atoms. The first-order valence-corrected chi connectivity index (χ1v) is 6.75. The highest BCUT2D eigenvalue weighted by Crippen LogP contribution is 2.27. The van der Waals surface area contributed by atoms with Crippen molar-refractivity contribution in [1.82, 2.24) is 0 Å². The molecule has 1 aromatic carbocycles. The summed E-state index contributed by atoms with van der Waals surface area (Å²) in [7, 11) is 3.62. The summed E-state index contributed by atoms with van der Waals surface area (Å²) in [6.07, 6.45) is 0. The molecule has 0 saturated heterocycles. The minimum atomic E-state index is 0.0654. The third kappa shape index (κ3) is 3.06. The third-order valence-corrected chi connectivity index (χ3v) is 3.74. The minimum Gasteiger partial charge on any atom is -0.497 e. The molecule has 4 nitrogen and oxygen atoms in total. The van der Waals surface area contributed by atoms with Gasteiger partial charge in [-0.1, -0.05) is 6.07 Å². The first kappa shape index (κ1) is 13.4. The molecule has 1 aromatic heterocycles. The zero-order valence-electron chi connectivity index (χ0n) is 11.0. The fraction of sp³-hybridized carbons (Fsp3) is 0.214. The van der Waals surface area contributed by atoms with Crippen LogP contribution in [0.15, 0.2) is 35.7 Å². The third-order valence-electron chi connectivity index (χ3n) is 2.88. The van der Waals surface area contributed by atoms with Crippen molar-refractivity contribution >= 4 is 22.9 Å². The van der Waals surface area contributed by atoms with E-state index < -0.39 is 0 Å². The zero-order chi connectivity index (χ0) is 13.8. The second-order valence-corrected chi connectivity index (χ2v) is 5.26. The predicted molar refractivity (Wildman–Crippen MR) is 80.4 cm³/mol. The first-order valence-electron chi connectivity index (χ1n) is 5.87. The lowest BCUT2D eigenvalue weighted by Crippen LogP contribution is -2.21. The second-order valence-electron chi connectivity index (χ2n) is 4.23. The average Bonchev–Trinajstić information content (AvgIpc) is 2.90. The highest BCUT2D eigenvalue weighted by Gasteiger charge is 2.12. The van der Waals surface area contributed by atoms with Gasteiger partial charge in [-0.2, -0.15) is 0 Å². The van der Waals surface area contributed by atoms with Gasteiger partial charge in [-0.3, -0.25) is 5.41 Å². The largest absolute Gasteiger partial charge is 0.497 e. The molecule has 0 atom stereocenters. The molecule has 2 aromatic rings. The van der Waals surface area contributed by atoms with Gasteiger partial charge < -0.3 is 15.4 Å². The number of nitrogens with two attached hydrogens (primary N) is 1. The van der Waals surface area contributed by atoms with E-state index in [0.717, 1.165) is 23.5 Å². The maximum absolute atomic E-state index is 7.66. The van der Waals surface area contributed by atoms with E-state index in [1.165, 1.54) is 4.88 Å². The van der Waals surface area contributed by atoms with Crippen LogP contribution in [0.5, 0.6) is 5.75 Å². The van der Waals surface area contributed by atoms with Crippen molar-refractivity contribution in [2.75, 3.05) is 19.1 Å². The van der Waals surface area contributed by atoms with Crippen LogP contribution in [0.3, 0.4) is 0 Å². The van der Waals surface area contributed by atoms with Crippen molar-refractivity contribution in [3.63, 3.8) is 0 Å². The Morgan fingerprint density at radius 1 is 1.42 bits per heavy atom. The molecule has 0 bridgehead atoms. The fourth-order valence-electron chi connectivity index (χ4n) is 1.90. The summed E-state index contributed by atoms with van der Waals surface area (Å²) >= 11 is 1.71. The number of nitrogen functional groups attached to an aromatic ring is 1. The molecule has 0 aliphatic heterocycles. The van der Waals surface area contributed by atoms with Gasteiger partial charge >= 0.3 is 0 Å². The molecule has 0 fully saturated rings. The quantitative estimate of drug-likeness (QED) is 0.651. The molecule has 5 heteroatoms. The van der Waals surface area contributed by atoms with Crippen molar-refractivity contribution in [3.8, 4) is 5.75 Å². The van der Waals surface area contributed by atoms with Crippen LogP contribution in [0.2, 0.25) is 0 Å². The highest BCUT2D eigenvalue weighted by molar-refractivity contribution is 7.09. The molecule has 0 amide bonds. The average molecular weight is 275 g/mol. The number of thiophene rings is 1. The van der Waals surface area contributed by atoms with E-state index in [9.17, 15) is 0 Å². The highest BCUT2D eigenvalue weighted by atomic mass is 32.1. The molecule has 0 aliphatic carbocycles. The summed E-state index contributed by atoms with van der Waals surface area (Å²) in [6, 6.07) is 9.67. The smallest absolute Gasteiger partial charge is 0.124 e. The Labute approximate surface area is 116 Å². The second kappa shape index (κ2) is 5.75. The Balaban J connectivity index is 2.32. The van der Waals surface area contributed by atoms with Gasteiger partial charge in [-0.15, -0.1) is 11.3 Å². The summed E-state index contributed by atoms with van der Waals surface area (Å²) in [6.45, 7) is 0.783. The number of nitrogens with one attached hydrogen (secondary N) is 1. The molecular weight excluding hydrogens is 258 g/mol. The summed E-state index contributed by atoms with van der Waals surface area (Å²) in [5, 5.41) is 9.72. The molecule has 2 rings (SSSR count). The summed E-state index contributed by atoms with van der Waals surface area (Å²) in [5.74, 6) is 0.828. The van der Waals surface area contributed by atoms with E-state index in [0.29, 0.717) is 0 Å². The molecule has 0 saturated carbocycles. The van der Waals surface area contributed by atoms with Gasteiger partial charge in [0.15, 0.2) is 0 Å². The van der Waals surface area contributed by atoms with Gasteiger partial charge in [-0.25, -0.2) is 0 Å². The van der Waals surface area contributed by atoms with E-state index in [1.54, 1.807) is 18.4 Å². The molecule has 0 radical (unpaired) electrons. The van der Waals surface area contributed by atoms with E-state index in [-0.39, 0.29) is 5.84 Å². The van der Waals surface area contributed by atoms with Gasteiger partial charge in [0, 0.05) is 23.6 Å². The van der Waals surface area contributed by atoms with Gasteiger partial charge in [0.25, 0.3) is 0 Å². The van der Waals surface area contributed by atoms with Gasteiger partial charge in [0.1, 0.15) is 11.6 Å². The monoisotopic (exact) mass is 275 g/mol. The van der Waals surface area contributed by atoms with Crippen molar-refractivity contribution in [1.29, 1.82) is 5.41 Å². The minimum absolute atomic E-state index is 0.0654. The van der Waals surface area contributed by atoms with Crippen molar-refractivity contribution in [2.24, 2.45) is 5.73 Å². The Kier molecular flexibility index (Phi) is 4.06. The van der Waals surface area contributed by atoms with Crippen LogP contribution < -0.4 is 15.4 Å². The van der Waals surface area contributed by atoms with Crippen molar-refractivity contribution < 1.29 is 4.74 Å². The number of anilines is 1. The maximum atomic E-state index is 7.66. The van der Waals surface area contributed by atoms with Gasteiger partial charge in [0.2, 0.25) is 0 Å². The van der Waals surface area contributed by atoms with Crippen LogP contribution in [-0.4, -0.2) is 20.0 Å². The molecule has 0 unspecified atom stereocenters. The number of rotatable bonds is 5. The number of benzene rings is 1. The lowest BCUT2D eigenvalue weighted by Gasteiger charge is -2.22. The van der Waals surface area contributed by atoms with Crippen LogP contribution in [0.4, 0.5) is 5.69 Å². The topological polar surface area (TPSA) is 62.3 Å². The van der Waals surface area contributed by atoms with Crippen LogP contribution in [0, 0.1) is 5.41 Å². The summed E-state index contributed by atoms with van der Waals surface area (Å²) in [4.78, 5) is 3.34. The predicted octanol–water partition coefficient (Wildman–Crippen LogP) is 2.68. The summed E-state index contributed by atoms with van der Waals surface area (Å²) in [5.41, 5.74) is 7.26.